The van der Waals surface area contributed by atoms with Crippen molar-refractivity contribution in [2.75, 3.05) is 99.8 Å². The summed E-state index contributed by atoms with van der Waals surface area (Å²) in [5, 5.41) is 8.87. The van der Waals surface area contributed by atoms with E-state index < -0.39 is 77.1 Å². The standard InChI is InChI=1S/C64H78F5N9O8S3/c1-63(2)24-22-44(52(39-63)45-36-46(37-45)59(65)66)40-76-32-34-77(35-33-76)48-16-14-43(15-17-48)60(80)73-89(85,86)50-18-19-55(57(38-50)88(83,84)64(67,68)69)71-47(42-87-49-10-5-3-6-11-49)23-27-75-30-28-74(29-31-75)26-8-4-7-25-70-54-13-9-12-51-53(54)41-78(62(51)82)56-20-21-58(79)72-61(56)81/h3,5-6,9-19,36,38,46-47,56,59,70-71H,4,7-8,20-35,37,39-42H2,1-2H3,(H,73,80)(H,72,79,81)/t46?,47-,56?/m1/s1. The lowest BCUT2D eigenvalue weighted by Crippen LogP contribution is -2.52. The molecule has 4 aliphatic heterocycles. The monoisotopic (exact) mass is 1290 g/mol. The molecule has 0 aromatic heterocycles. The zero-order valence-corrected chi connectivity index (χ0v) is 52.6. The molecule has 25 heteroatoms. The molecule has 10 rings (SSSR count). The Kier molecular flexibility index (Phi) is 20.6. The molecule has 2 unspecified atom stereocenters. The third-order valence-electron chi connectivity index (χ3n) is 18.0. The highest BCUT2D eigenvalue weighted by Gasteiger charge is 2.49. The Morgan fingerprint density at radius 1 is 0.798 bits per heavy atom. The maximum atomic E-state index is 14.5. The number of benzene rings is 4. The van der Waals surface area contributed by atoms with E-state index in [1.54, 1.807) is 29.2 Å². The number of thioether (sulfide) groups is 1. The third-order valence-corrected chi connectivity index (χ3v) is 22.0. The topological polar surface area (TPSA) is 201 Å². The van der Waals surface area contributed by atoms with Crippen LogP contribution in [-0.4, -0.2) is 168 Å². The number of fused-ring (bicyclic) bond motifs is 1. The SMILES string of the molecule is CC1(C)CCC(CN2CCN(c3ccc(C(=O)NS(=O)(=O)c4ccc(N[C@H](CCN5CCN(CCCCCNc6cccc7c6CN(C6CCC(=O)NC6=O)C7=O)CC5)CSc5ccccc5)c(S(=O)(=O)C(F)(F)F)c4)cc3)CC2)=C(C2=CC(C(F)F)C2)C1. The molecule has 3 fully saturated rings. The number of halogens is 5. The van der Waals surface area contributed by atoms with Gasteiger partial charge in [-0.15, -0.1) is 11.8 Å². The molecular formula is C64H78F5N9O8S3. The predicted octanol–water partition coefficient (Wildman–Crippen LogP) is 9.56. The Bertz CT molecular complexity index is 3540. The summed E-state index contributed by atoms with van der Waals surface area (Å²) in [7, 11) is -11.1. The van der Waals surface area contributed by atoms with E-state index in [1.807, 2.05) is 47.2 Å². The Hall–Kier alpha value is -6.38. The van der Waals surface area contributed by atoms with E-state index >= 15 is 0 Å². The minimum Gasteiger partial charge on any atom is -0.385 e. The summed E-state index contributed by atoms with van der Waals surface area (Å²) in [4.78, 5) is 60.5. The molecule has 0 spiro atoms. The van der Waals surface area contributed by atoms with Crippen LogP contribution in [0.4, 0.5) is 39.0 Å². The number of alkyl halides is 5. The number of carbonyl (C=O) groups excluding carboxylic acids is 4. The molecule has 4 aromatic carbocycles. The third kappa shape index (κ3) is 16.0. The molecular weight excluding hydrogens is 1210 g/mol. The smallest absolute Gasteiger partial charge is 0.385 e. The first-order chi connectivity index (χ1) is 42.4. The van der Waals surface area contributed by atoms with Crippen LogP contribution >= 0.6 is 11.8 Å². The average molecular weight is 1290 g/mol. The lowest BCUT2D eigenvalue weighted by atomic mass is 9.68. The van der Waals surface area contributed by atoms with Gasteiger partial charge in [0.15, 0.2) is 0 Å². The van der Waals surface area contributed by atoms with Crippen LogP contribution in [0.3, 0.4) is 0 Å². The minimum atomic E-state index is -6.14. The molecule has 17 nitrogen and oxygen atoms in total. The van der Waals surface area contributed by atoms with Gasteiger partial charge in [0.25, 0.3) is 31.7 Å². The van der Waals surface area contributed by atoms with E-state index in [4.69, 9.17) is 0 Å². The van der Waals surface area contributed by atoms with Gasteiger partial charge in [0.2, 0.25) is 18.2 Å². The summed E-state index contributed by atoms with van der Waals surface area (Å²) in [6, 6.07) is 22.3. The number of piperidine rings is 1. The molecule has 4 heterocycles. The number of piperazine rings is 2. The van der Waals surface area contributed by atoms with Crippen LogP contribution in [0.25, 0.3) is 0 Å². The Labute approximate surface area is 522 Å². The minimum absolute atomic E-state index is 0.0466. The van der Waals surface area contributed by atoms with Gasteiger partial charge >= 0.3 is 5.51 Å². The van der Waals surface area contributed by atoms with Gasteiger partial charge in [-0.25, -0.2) is 30.3 Å². The number of hydrogen-bond donors (Lipinski definition) is 4. The highest BCUT2D eigenvalue weighted by Crippen LogP contribution is 2.47. The number of carbonyl (C=O) groups is 4. The first-order valence-corrected chi connectivity index (χ1v) is 34.6. The number of nitrogens with one attached hydrogen (secondary N) is 4. The Morgan fingerprint density at radius 2 is 1.49 bits per heavy atom. The highest BCUT2D eigenvalue weighted by molar-refractivity contribution is 7.99. The lowest BCUT2D eigenvalue weighted by Gasteiger charge is -2.41. The summed E-state index contributed by atoms with van der Waals surface area (Å²) in [6.45, 7) is 13.5. The van der Waals surface area contributed by atoms with E-state index in [9.17, 15) is 58.0 Å². The normalized spacial score (nSPS) is 20.9. The second kappa shape index (κ2) is 28.0. The molecule has 0 saturated carbocycles. The highest BCUT2D eigenvalue weighted by atomic mass is 32.2. The largest absolute Gasteiger partial charge is 0.501 e. The lowest BCUT2D eigenvalue weighted by molar-refractivity contribution is -0.136. The molecule has 3 saturated heterocycles. The molecule has 3 atom stereocenters. The average Bonchev–Trinajstić information content (AvgIpc) is 1.68. The molecule has 0 bridgehead atoms. The van der Waals surface area contributed by atoms with E-state index in [0.717, 1.165) is 130 Å². The summed E-state index contributed by atoms with van der Waals surface area (Å²) in [5.41, 5.74) is 0.458. The van der Waals surface area contributed by atoms with Crippen molar-refractivity contribution in [3.05, 3.63) is 130 Å². The van der Waals surface area contributed by atoms with Crippen molar-refractivity contribution in [2.45, 2.75) is 123 Å². The van der Waals surface area contributed by atoms with Gasteiger partial charge in [0.1, 0.15) is 10.9 Å². The van der Waals surface area contributed by atoms with Crippen molar-refractivity contribution in [1.29, 1.82) is 0 Å². The van der Waals surface area contributed by atoms with Gasteiger partial charge in [-0.2, -0.15) is 13.2 Å². The predicted molar refractivity (Wildman–Crippen MR) is 333 cm³/mol. The van der Waals surface area contributed by atoms with Crippen molar-refractivity contribution in [2.24, 2.45) is 11.3 Å². The molecule has 480 valence electrons. The fourth-order valence-corrected chi connectivity index (χ4v) is 15.7. The number of nitrogens with zero attached hydrogens (tertiary/aromatic N) is 5. The summed E-state index contributed by atoms with van der Waals surface area (Å²) in [6.07, 6.45) is 6.30. The van der Waals surface area contributed by atoms with Crippen molar-refractivity contribution >= 4 is 72.3 Å². The summed E-state index contributed by atoms with van der Waals surface area (Å²) >= 11 is 1.44. The molecule has 4 N–H and O–H groups in total. The molecule has 4 amide bonds. The van der Waals surface area contributed by atoms with Gasteiger partial charge in [0, 0.05) is 136 Å². The quantitative estimate of drug-likeness (QED) is 0.0211. The van der Waals surface area contributed by atoms with E-state index in [-0.39, 0.29) is 35.8 Å². The number of imide groups is 1. The maximum absolute atomic E-state index is 14.5. The number of rotatable bonds is 25. The van der Waals surface area contributed by atoms with Gasteiger partial charge in [-0.1, -0.05) is 56.2 Å². The van der Waals surface area contributed by atoms with Crippen molar-refractivity contribution in [3.8, 4) is 0 Å². The van der Waals surface area contributed by atoms with Crippen LogP contribution in [0, 0.1) is 11.3 Å². The van der Waals surface area contributed by atoms with E-state index in [2.05, 4.69) is 49.4 Å². The number of unbranched alkanes of at least 4 members (excludes halogenated alkanes) is 2. The van der Waals surface area contributed by atoms with Gasteiger partial charge in [-0.3, -0.25) is 29.4 Å². The van der Waals surface area contributed by atoms with Crippen LogP contribution < -0.4 is 25.6 Å². The zero-order chi connectivity index (χ0) is 63.3. The number of amides is 4. The number of allylic oxidation sites excluding steroid dienone is 3. The van der Waals surface area contributed by atoms with Gasteiger partial charge in [-0.05, 0) is 141 Å². The second-order valence-electron chi connectivity index (χ2n) is 24.8. The van der Waals surface area contributed by atoms with Crippen molar-refractivity contribution in [1.82, 2.24) is 29.6 Å². The zero-order valence-electron chi connectivity index (χ0n) is 50.1. The van der Waals surface area contributed by atoms with E-state index in [1.165, 1.54) is 35.0 Å². The van der Waals surface area contributed by atoms with Gasteiger partial charge in [0.05, 0.1) is 10.6 Å². The first-order valence-electron chi connectivity index (χ1n) is 30.6. The molecule has 89 heavy (non-hydrogen) atoms. The first kappa shape index (κ1) is 65.6. The summed E-state index contributed by atoms with van der Waals surface area (Å²) < 4.78 is 126. The Balaban J connectivity index is 0.712. The number of sulfonamides is 1. The van der Waals surface area contributed by atoms with Crippen LogP contribution in [0.2, 0.25) is 0 Å². The number of anilines is 3. The number of sulfone groups is 1. The van der Waals surface area contributed by atoms with Crippen LogP contribution in [0.1, 0.15) is 104 Å². The van der Waals surface area contributed by atoms with Gasteiger partial charge < -0.3 is 30.2 Å². The van der Waals surface area contributed by atoms with Crippen LogP contribution in [0.5, 0.6) is 0 Å². The molecule has 0 radical (unpaired) electrons. The van der Waals surface area contributed by atoms with Crippen molar-refractivity contribution in [3.63, 3.8) is 0 Å². The maximum Gasteiger partial charge on any atom is 0.501 e. The van der Waals surface area contributed by atoms with Crippen LogP contribution in [-0.2, 0) is 36.0 Å². The fraction of sp³-hybridized carbons (Fsp3) is 0.500. The molecule has 2 aliphatic carbocycles. The molecule has 6 aliphatic rings. The molecule has 4 aromatic rings. The van der Waals surface area contributed by atoms with E-state index in [0.29, 0.717) is 62.8 Å². The Morgan fingerprint density at radius 3 is 2.18 bits per heavy atom. The second-order valence-corrected chi connectivity index (χ2v) is 29.5. The number of hydrogen-bond acceptors (Lipinski definition) is 15. The summed E-state index contributed by atoms with van der Waals surface area (Å²) in [5.74, 6) is -2.42. The van der Waals surface area contributed by atoms with Crippen molar-refractivity contribution < 1.29 is 58.0 Å². The fourth-order valence-electron chi connectivity index (χ4n) is 12.7. The van der Waals surface area contributed by atoms with Crippen LogP contribution in [0.15, 0.2) is 128 Å².